The van der Waals surface area contributed by atoms with Gasteiger partial charge in [0.25, 0.3) is 6.47 Å². The van der Waals surface area contributed by atoms with Crippen molar-refractivity contribution in [2.24, 2.45) is 0 Å². The quantitative estimate of drug-likeness (QED) is 0.523. The molecule has 0 aromatic heterocycles. The van der Waals surface area contributed by atoms with E-state index in [2.05, 4.69) is 26.5 Å². The molecule has 2 rings (SSSR count). The van der Waals surface area contributed by atoms with Crippen LogP contribution in [0.2, 0.25) is 0 Å². The van der Waals surface area contributed by atoms with Crippen LogP contribution in [0, 0.1) is 0 Å². The fourth-order valence-electron chi connectivity index (χ4n) is 4.01. The number of rotatable bonds is 6. The van der Waals surface area contributed by atoms with Gasteiger partial charge in [-0.05, 0) is 71.5 Å². The first-order chi connectivity index (χ1) is 12.3. The van der Waals surface area contributed by atoms with Crippen LogP contribution in [0.1, 0.15) is 32.6 Å². The van der Waals surface area contributed by atoms with Crippen molar-refractivity contribution in [3.63, 3.8) is 0 Å². The standard InChI is InChI=1S/C19H38N4O2/c1-2-6-20-7-3-8-22-10-4-9-21(14-13-20)11-5-12-23(16-15-22)17-18-25-19-24/h19H,2-18H2,1H3. The number of carbonyl (C=O) groups is 1. The van der Waals surface area contributed by atoms with Crippen molar-refractivity contribution in [3.05, 3.63) is 0 Å². The minimum atomic E-state index is 0.513. The van der Waals surface area contributed by atoms with Crippen molar-refractivity contribution in [1.29, 1.82) is 0 Å². The van der Waals surface area contributed by atoms with Gasteiger partial charge in [-0.25, -0.2) is 0 Å². The Bertz CT molecular complexity index is 356. The Morgan fingerprint density at radius 3 is 1.76 bits per heavy atom. The Labute approximate surface area is 154 Å². The average Bonchev–Trinajstić information content (AvgIpc) is 2.68. The third kappa shape index (κ3) is 8.49. The van der Waals surface area contributed by atoms with Crippen molar-refractivity contribution in [3.8, 4) is 0 Å². The lowest BCUT2D eigenvalue weighted by Crippen LogP contribution is -2.40. The summed E-state index contributed by atoms with van der Waals surface area (Å²) in [4.78, 5) is 20.8. The molecule has 2 bridgehead atoms. The molecule has 0 aromatic carbocycles. The Morgan fingerprint density at radius 2 is 1.24 bits per heavy atom. The first-order valence-electron chi connectivity index (χ1n) is 10.3. The topological polar surface area (TPSA) is 39.3 Å². The van der Waals surface area contributed by atoms with Gasteiger partial charge in [-0.15, -0.1) is 0 Å². The van der Waals surface area contributed by atoms with Crippen LogP contribution in [0.25, 0.3) is 0 Å². The molecule has 0 aromatic rings. The second-order valence-electron chi connectivity index (χ2n) is 7.39. The number of hydrogen-bond donors (Lipinski definition) is 0. The lowest BCUT2D eigenvalue weighted by Gasteiger charge is -2.29. The Hall–Kier alpha value is -0.690. The van der Waals surface area contributed by atoms with Crippen LogP contribution in [0.4, 0.5) is 0 Å². The monoisotopic (exact) mass is 354 g/mol. The summed E-state index contributed by atoms with van der Waals surface area (Å²) in [6.07, 6.45) is 5.01. The van der Waals surface area contributed by atoms with Gasteiger partial charge in [-0.1, -0.05) is 6.92 Å². The molecular weight excluding hydrogens is 316 g/mol. The smallest absolute Gasteiger partial charge is 0.293 e. The Morgan fingerprint density at radius 1 is 0.720 bits per heavy atom. The number of fused-ring (bicyclic) bond motifs is 4. The molecule has 2 saturated heterocycles. The van der Waals surface area contributed by atoms with Crippen LogP contribution in [-0.4, -0.2) is 111 Å². The zero-order valence-corrected chi connectivity index (χ0v) is 16.2. The maximum Gasteiger partial charge on any atom is 0.293 e. The SMILES string of the molecule is CCCN1CCCN2CCCN(CCCN(CCOC=O)CC2)CC1. The molecule has 25 heavy (non-hydrogen) atoms. The summed E-state index contributed by atoms with van der Waals surface area (Å²) in [6, 6.07) is 0. The summed E-state index contributed by atoms with van der Waals surface area (Å²) in [7, 11) is 0. The van der Waals surface area contributed by atoms with Gasteiger partial charge in [-0.3, -0.25) is 9.69 Å². The third-order valence-corrected chi connectivity index (χ3v) is 5.44. The zero-order valence-electron chi connectivity index (χ0n) is 16.2. The molecule has 0 radical (unpaired) electrons. The van der Waals surface area contributed by atoms with Gasteiger partial charge in [0.1, 0.15) is 6.61 Å². The van der Waals surface area contributed by atoms with Gasteiger partial charge in [0.2, 0.25) is 0 Å². The zero-order chi connectivity index (χ0) is 17.7. The fourth-order valence-corrected chi connectivity index (χ4v) is 4.01. The van der Waals surface area contributed by atoms with E-state index in [1.165, 1.54) is 78.0 Å². The highest BCUT2D eigenvalue weighted by Gasteiger charge is 2.16. The first kappa shape index (κ1) is 20.6. The molecule has 2 atom stereocenters. The van der Waals surface area contributed by atoms with Crippen molar-refractivity contribution in [2.45, 2.75) is 32.6 Å². The van der Waals surface area contributed by atoms with E-state index in [-0.39, 0.29) is 0 Å². The fraction of sp³-hybridized carbons (Fsp3) is 0.947. The lowest BCUT2D eigenvalue weighted by molar-refractivity contribution is -0.129. The molecule has 0 spiro atoms. The highest BCUT2D eigenvalue weighted by atomic mass is 16.5. The van der Waals surface area contributed by atoms with E-state index in [4.69, 9.17) is 4.74 Å². The molecule has 2 unspecified atom stereocenters. The van der Waals surface area contributed by atoms with Crippen molar-refractivity contribution < 1.29 is 9.53 Å². The summed E-state index contributed by atoms with van der Waals surface area (Å²) in [6.45, 7) is 17.3. The summed E-state index contributed by atoms with van der Waals surface area (Å²) in [5.41, 5.74) is 0. The molecule has 2 aliphatic rings. The second kappa shape index (κ2) is 12.6. The van der Waals surface area contributed by atoms with Crippen LogP contribution < -0.4 is 0 Å². The maximum absolute atomic E-state index is 10.4. The summed E-state index contributed by atoms with van der Waals surface area (Å²) in [5.74, 6) is 0. The van der Waals surface area contributed by atoms with E-state index in [0.717, 1.165) is 26.2 Å². The molecule has 2 fully saturated rings. The van der Waals surface area contributed by atoms with Crippen LogP contribution in [0.15, 0.2) is 0 Å². The van der Waals surface area contributed by atoms with Gasteiger partial charge in [-0.2, -0.15) is 0 Å². The molecule has 2 aliphatic heterocycles. The van der Waals surface area contributed by atoms with E-state index in [1.807, 2.05) is 0 Å². The minimum Gasteiger partial charge on any atom is -0.467 e. The van der Waals surface area contributed by atoms with E-state index >= 15 is 0 Å². The van der Waals surface area contributed by atoms with Gasteiger partial charge < -0.3 is 19.4 Å². The lowest BCUT2D eigenvalue weighted by atomic mass is 10.3. The number of hydrogen-bond acceptors (Lipinski definition) is 6. The third-order valence-electron chi connectivity index (χ3n) is 5.44. The minimum absolute atomic E-state index is 0.513. The molecule has 0 N–H and O–H groups in total. The molecule has 146 valence electrons. The largest absolute Gasteiger partial charge is 0.467 e. The highest BCUT2D eigenvalue weighted by molar-refractivity contribution is 5.36. The average molecular weight is 355 g/mol. The summed E-state index contributed by atoms with van der Waals surface area (Å²) >= 11 is 0. The van der Waals surface area contributed by atoms with Crippen LogP contribution >= 0.6 is 0 Å². The molecule has 2 heterocycles. The van der Waals surface area contributed by atoms with Gasteiger partial charge in [0, 0.05) is 32.7 Å². The molecule has 6 heteroatoms. The Balaban J connectivity index is 1.94. The maximum atomic E-state index is 10.4. The number of nitrogens with zero attached hydrogens (tertiary/aromatic N) is 4. The van der Waals surface area contributed by atoms with E-state index < -0.39 is 0 Å². The van der Waals surface area contributed by atoms with Crippen molar-refractivity contribution in [1.82, 2.24) is 19.6 Å². The normalized spacial score (nSPS) is 28.2. The van der Waals surface area contributed by atoms with Crippen LogP contribution in [0.3, 0.4) is 0 Å². The predicted octanol–water partition coefficient (Wildman–Crippen LogP) is 0.975. The Kier molecular flexibility index (Phi) is 10.4. The van der Waals surface area contributed by atoms with E-state index in [9.17, 15) is 4.79 Å². The van der Waals surface area contributed by atoms with E-state index in [1.54, 1.807) is 0 Å². The summed E-state index contributed by atoms with van der Waals surface area (Å²) < 4.78 is 4.92. The predicted molar refractivity (Wildman–Crippen MR) is 102 cm³/mol. The van der Waals surface area contributed by atoms with Gasteiger partial charge in [0.15, 0.2) is 0 Å². The molecule has 0 saturated carbocycles. The number of carbonyl (C=O) groups excluding carboxylic acids is 1. The highest BCUT2D eigenvalue weighted by Crippen LogP contribution is 2.07. The number of ether oxygens (including phenoxy) is 1. The molecule has 6 nitrogen and oxygen atoms in total. The van der Waals surface area contributed by atoms with Crippen molar-refractivity contribution >= 4 is 6.47 Å². The molecular formula is C19H38N4O2. The van der Waals surface area contributed by atoms with Gasteiger partial charge >= 0.3 is 0 Å². The molecule has 0 amide bonds. The van der Waals surface area contributed by atoms with Crippen LogP contribution in [0.5, 0.6) is 0 Å². The van der Waals surface area contributed by atoms with Gasteiger partial charge in [0.05, 0.1) is 0 Å². The first-order valence-corrected chi connectivity index (χ1v) is 10.3. The van der Waals surface area contributed by atoms with E-state index in [0.29, 0.717) is 13.1 Å². The summed E-state index contributed by atoms with van der Waals surface area (Å²) in [5, 5.41) is 0. The van der Waals surface area contributed by atoms with Crippen molar-refractivity contribution in [2.75, 3.05) is 85.1 Å². The molecule has 0 aliphatic carbocycles. The second-order valence-corrected chi connectivity index (χ2v) is 7.39. The van der Waals surface area contributed by atoms with Crippen LogP contribution in [-0.2, 0) is 9.53 Å².